The van der Waals surface area contributed by atoms with E-state index in [4.69, 9.17) is 0 Å². The van der Waals surface area contributed by atoms with Crippen molar-refractivity contribution >= 4 is 10.8 Å². The molecule has 94 valence electrons. The van der Waals surface area contributed by atoms with Crippen molar-refractivity contribution in [3.63, 3.8) is 0 Å². The van der Waals surface area contributed by atoms with Crippen molar-refractivity contribution in [2.75, 3.05) is 0 Å². The molecule has 1 fully saturated rings. The number of hydrogen-bond acceptors (Lipinski definition) is 0. The van der Waals surface area contributed by atoms with E-state index in [1.807, 2.05) is 0 Å². The van der Waals surface area contributed by atoms with Crippen LogP contribution in [0.15, 0.2) is 42.5 Å². The second-order valence-corrected chi connectivity index (χ2v) is 5.65. The van der Waals surface area contributed by atoms with Gasteiger partial charge in [0.2, 0.25) is 0 Å². The molecule has 0 aliphatic heterocycles. The first-order chi connectivity index (χ1) is 8.93. The van der Waals surface area contributed by atoms with Gasteiger partial charge in [0.05, 0.1) is 0 Å². The van der Waals surface area contributed by atoms with E-state index in [1.165, 1.54) is 55.7 Å². The first kappa shape index (κ1) is 11.8. The van der Waals surface area contributed by atoms with Crippen molar-refractivity contribution in [2.24, 2.45) is 0 Å². The molecule has 0 heterocycles. The van der Waals surface area contributed by atoms with Gasteiger partial charge in [0.25, 0.3) is 0 Å². The summed E-state index contributed by atoms with van der Waals surface area (Å²) in [5.41, 5.74) is 1.57. The van der Waals surface area contributed by atoms with E-state index >= 15 is 0 Å². The van der Waals surface area contributed by atoms with Crippen molar-refractivity contribution < 1.29 is 0 Å². The smallest absolute Gasteiger partial charge is 0.0162 e. The van der Waals surface area contributed by atoms with Gasteiger partial charge in [-0.15, -0.1) is 0 Å². The van der Waals surface area contributed by atoms with E-state index in [2.05, 4.69) is 42.5 Å². The summed E-state index contributed by atoms with van der Waals surface area (Å²) < 4.78 is 0. The third kappa shape index (κ3) is 2.58. The SMILES string of the molecule is c1ccc2cc(C3CCCCCCC3)ccc2c1. The van der Waals surface area contributed by atoms with Crippen molar-refractivity contribution in [3.8, 4) is 0 Å². The number of hydrogen-bond donors (Lipinski definition) is 0. The lowest BCUT2D eigenvalue weighted by atomic mass is 9.85. The maximum absolute atomic E-state index is 2.42. The average molecular weight is 238 g/mol. The molecule has 1 aliphatic rings. The molecule has 0 saturated heterocycles. The third-order valence-corrected chi connectivity index (χ3v) is 4.35. The van der Waals surface area contributed by atoms with Gasteiger partial charge in [-0.3, -0.25) is 0 Å². The van der Waals surface area contributed by atoms with E-state index in [9.17, 15) is 0 Å². The van der Waals surface area contributed by atoms with E-state index in [-0.39, 0.29) is 0 Å². The molecule has 1 aliphatic carbocycles. The predicted octanol–water partition coefficient (Wildman–Crippen LogP) is 5.67. The first-order valence-electron chi connectivity index (χ1n) is 7.42. The van der Waals surface area contributed by atoms with Gasteiger partial charge in [-0.05, 0) is 35.1 Å². The molecule has 0 heteroatoms. The summed E-state index contributed by atoms with van der Waals surface area (Å²) in [6.45, 7) is 0. The molecule has 0 aromatic heterocycles. The summed E-state index contributed by atoms with van der Waals surface area (Å²) in [6, 6.07) is 15.8. The maximum Gasteiger partial charge on any atom is -0.0162 e. The van der Waals surface area contributed by atoms with Crippen LogP contribution in [-0.2, 0) is 0 Å². The second-order valence-electron chi connectivity index (χ2n) is 5.65. The van der Waals surface area contributed by atoms with Crippen LogP contribution in [0.1, 0.15) is 56.4 Å². The largest absolute Gasteiger partial charge is 0.0616 e. The Labute approximate surface area is 110 Å². The van der Waals surface area contributed by atoms with E-state index < -0.39 is 0 Å². The summed E-state index contributed by atoms with van der Waals surface area (Å²) in [4.78, 5) is 0. The first-order valence-corrected chi connectivity index (χ1v) is 7.42. The van der Waals surface area contributed by atoms with Crippen LogP contribution in [0.5, 0.6) is 0 Å². The minimum Gasteiger partial charge on any atom is -0.0616 e. The Morgan fingerprint density at radius 2 is 1.33 bits per heavy atom. The standard InChI is InChI=1S/C18H22/c1-2-4-8-15(9-5-3-1)18-13-12-16-10-6-7-11-17(16)14-18/h6-7,10-15H,1-5,8-9H2. The zero-order chi connectivity index (χ0) is 12.2. The number of fused-ring (bicyclic) bond motifs is 1. The molecular weight excluding hydrogens is 216 g/mol. The van der Waals surface area contributed by atoms with Gasteiger partial charge in [0.1, 0.15) is 0 Å². The molecule has 0 radical (unpaired) electrons. The highest BCUT2D eigenvalue weighted by atomic mass is 14.2. The highest BCUT2D eigenvalue weighted by Crippen LogP contribution is 2.32. The zero-order valence-corrected chi connectivity index (χ0v) is 11.1. The summed E-state index contributed by atoms with van der Waals surface area (Å²) >= 11 is 0. The van der Waals surface area contributed by atoms with Crippen LogP contribution < -0.4 is 0 Å². The summed E-state index contributed by atoms with van der Waals surface area (Å²) in [7, 11) is 0. The predicted molar refractivity (Wildman–Crippen MR) is 79.0 cm³/mol. The Balaban J connectivity index is 1.87. The Morgan fingerprint density at radius 3 is 2.11 bits per heavy atom. The van der Waals surface area contributed by atoms with Gasteiger partial charge in [0.15, 0.2) is 0 Å². The fourth-order valence-corrected chi connectivity index (χ4v) is 3.25. The van der Waals surface area contributed by atoms with Crippen molar-refractivity contribution in [3.05, 3.63) is 48.0 Å². The molecule has 2 aromatic carbocycles. The Bertz CT molecular complexity index is 504. The van der Waals surface area contributed by atoms with Crippen LogP contribution in [0.2, 0.25) is 0 Å². The third-order valence-electron chi connectivity index (χ3n) is 4.35. The Hall–Kier alpha value is -1.30. The minimum atomic E-state index is 0.801. The average Bonchev–Trinajstić information content (AvgIpc) is 2.38. The van der Waals surface area contributed by atoms with E-state index in [0.29, 0.717) is 0 Å². The molecule has 2 aromatic rings. The van der Waals surface area contributed by atoms with Crippen LogP contribution in [0.25, 0.3) is 10.8 Å². The normalized spacial score (nSPS) is 18.4. The van der Waals surface area contributed by atoms with Crippen LogP contribution in [0, 0.1) is 0 Å². The van der Waals surface area contributed by atoms with Gasteiger partial charge in [-0.2, -0.15) is 0 Å². The topological polar surface area (TPSA) is 0 Å². The highest BCUT2D eigenvalue weighted by molar-refractivity contribution is 5.83. The summed E-state index contributed by atoms with van der Waals surface area (Å²) in [5, 5.41) is 2.77. The fraction of sp³-hybridized carbons (Fsp3) is 0.444. The van der Waals surface area contributed by atoms with Crippen LogP contribution in [0.4, 0.5) is 0 Å². The molecule has 0 spiro atoms. The molecule has 0 atom stereocenters. The molecular formula is C18H22. The number of benzene rings is 2. The van der Waals surface area contributed by atoms with Gasteiger partial charge >= 0.3 is 0 Å². The summed E-state index contributed by atoms with van der Waals surface area (Å²) in [5.74, 6) is 0.801. The number of rotatable bonds is 1. The van der Waals surface area contributed by atoms with Gasteiger partial charge in [-0.25, -0.2) is 0 Å². The molecule has 18 heavy (non-hydrogen) atoms. The zero-order valence-electron chi connectivity index (χ0n) is 11.1. The quantitative estimate of drug-likeness (QED) is 0.600. The molecule has 0 nitrogen and oxygen atoms in total. The maximum atomic E-state index is 2.42. The molecule has 0 amide bonds. The van der Waals surface area contributed by atoms with Crippen molar-refractivity contribution in [2.45, 2.75) is 50.9 Å². The second kappa shape index (κ2) is 5.56. The van der Waals surface area contributed by atoms with Crippen molar-refractivity contribution in [1.29, 1.82) is 0 Å². The lowest BCUT2D eigenvalue weighted by Gasteiger charge is -2.20. The monoisotopic (exact) mass is 238 g/mol. The Kier molecular flexibility index (Phi) is 3.64. The molecule has 0 unspecified atom stereocenters. The van der Waals surface area contributed by atoms with Crippen LogP contribution in [0.3, 0.4) is 0 Å². The Morgan fingerprint density at radius 1 is 0.667 bits per heavy atom. The summed E-state index contributed by atoms with van der Waals surface area (Å²) in [6.07, 6.45) is 9.92. The lowest BCUT2D eigenvalue weighted by molar-refractivity contribution is 0.456. The minimum absolute atomic E-state index is 0.801. The molecule has 3 rings (SSSR count). The van der Waals surface area contributed by atoms with Crippen LogP contribution in [-0.4, -0.2) is 0 Å². The molecule has 0 bridgehead atoms. The van der Waals surface area contributed by atoms with Gasteiger partial charge in [0, 0.05) is 0 Å². The van der Waals surface area contributed by atoms with E-state index in [1.54, 1.807) is 5.56 Å². The fourth-order valence-electron chi connectivity index (χ4n) is 3.25. The van der Waals surface area contributed by atoms with Crippen molar-refractivity contribution in [1.82, 2.24) is 0 Å². The highest BCUT2D eigenvalue weighted by Gasteiger charge is 2.13. The lowest BCUT2D eigenvalue weighted by Crippen LogP contribution is -2.02. The molecule has 1 saturated carbocycles. The van der Waals surface area contributed by atoms with E-state index in [0.717, 1.165) is 5.92 Å². The molecule has 0 N–H and O–H groups in total. The van der Waals surface area contributed by atoms with Gasteiger partial charge < -0.3 is 0 Å². The van der Waals surface area contributed by atoms with Gasteiger partial charge in [-0.1, -0.05) is 74.6 Å². The van der Waals surface area contributed by atoms with Crippen LogP contribution >= 0.6 is 0 Å².